The Morgan fingerprint density at radius 3 is 2.62 bits per heavy atom. The Balaban J connectivity index is 1.21. The summed E-state index contributed by atoms with van der Waals surface area (Å²) in [7, 11) is 3.91. The number of aliphatic hydroxyl groups is 1. The summed E-state index contributed by atoms with van der Waals surface area (Å²) in [5, 5.41) is 30.7. The largest absolute Gasteiger partial charge is 0.389 e. The number of nitriles is 1. The Kier molecular flexibility index (Phi) is 6.34. The number of aryl methyl sites for hydroxylation is 1. The van der Waals surface area contributed by atoms with Gasteiger partial charge in [-0.05, 0) is 104 Å². The molecule has 0 atom stereocenters. The molecule has 1 amide bonds. The third-order valence-electron chi connectivity index (χ3n) is 9.46. The summed E-state index contributed by atoms with van der Waals surface area (Å²) in [5.74, 6) is 1.50. The van der Waals surface area contributed by atoms with E-state index in [1.54, 1.807) is 11.2 Å². The average molecular weight is 596 g/mol. The maximum atomic E-state index is 14.3. The van der Waals surface area contributed by atoms with Gasteiger partial charge in [0.1, 0.15) is 12.1 Å². The average Bonchev–Trinajstić information content (AvgIpc) is 3.73. The Hall–Kier alpha value is -4.91. The van der Waals surface area contributed by atoms with E-state index in [1.165, 1.54) is 0 Å². The number of hydrogen-bond acceptors (Lipinski definition) is 7. The molecule has 0 radical (unpaired) electrons. The molecule has 0 bridgehead atoms. The summed E-state index contributed by atoms with van der Waals surface area (Å²) in [4.78, 5) is 23.3. The van der Waals surface area contributed by atoms with Crippen molar-refractivity contribution in [2.45, 2.75) is 50.2 Å². The summed E-state index contributed by atoms with van der Waals surface area (Å²) in [6, 6.07) is 22.1. The van der Waals surface area contributed by atoms with Crippen LogP contribution in [0.4, 0.5) is 11.5 Å². The van der Waals surface area contributed by atoms with Crippen molar-refractivity contribution in [3.63, 3.8) is 0 Å². The van der Waals surface area contributed by atoms with Crippen LogP contribution >= 0.6 is 0 Å². The van der Waals surface area contributed by atoms with E-state index >= 15 is 0 Å². The lowest BCUT2D eigenvalue weighted by atomic mass is 9.80. The summed E-state index contributed by atoms with van der Waals surface area (Å²) in [5.41, 5.74) is 6.06. The summed E-state index contributed by atoms with van der Waals surface area (Å²) >= 11 is 0. The van der Waals surface area contributed by atoms with Crippen LogP contribution in [0.1, 0.15) is 65.2 Å². The van der Waals surface area contributed by atoms with Crippen LogP contribution in [0.2, 0.25) is 0 Å². The second-order valence-electron chi connectivity index (χ2n) is 13.0. The van der Waals surface area contributed by atoms with Crippen LogP contribution in [0.25, 0.3) is 33.3 Å². The predicted molar refractivity (Wildman–Crippen MR) is 172 cm³/mol. The van der Waals surface area contributed by atoms with Gasteiger partial charge in [0.2, 0.25) is 0 Å². The molecule has 3 aliphatic rings. The fourth-order valence-corrected chi connectivity index (χ4v) is 6.96. The van der Waals surface area contributed by atoms with Crippen molar-refractivity contribution >= 4 is 28.2 Å². The van der Waals surface area contributed by atoms with Crippen molar-refractivity contribution in [2.24, 2.45) is 7.05 Å². The topological polar surface area (TPSA) is 111 Å². The lowest BCUT2D eigenvalue weighted by Gasteiger charge is -2.39. The van der Waals surface area contributed by atoms with E-state index in [-0.39, 0.29) is 5.91 Å². The van der Waals surface area contributed by atoms with Crippen molar-refractivity contribution in [3.05, 3.63) is 89.4 Å². The quantitative estimate of drug-likeness (QED) is 0.231. The van der Waals surface area contributed by atoms with Crippen LogP contribution in [0.3, 0.4) is 0 Å². The van der Waals surface area contributed by atoms with E-state index in [9.17, 15) is 15.2 Å². The monoisotopic (exact) mass is 595 g/mol. The van der Waals surface area contributed by atoms with E-state index in [0.29, 0.717) is 41.8 Å². The molecule has 1 N–H and O–H groups in total. The summed E-state index contributed by atoms with van der Waals surface area (Å²) in [6.07, 6.45) is 6.53. The molecule has 3 heterocycles. The molecule has 224 valence electrons. The minimum Gasteiger partial charge on any atom is -0.389 e. The molecule has 3 aromatic carbocycles. The summed E-state index contributed by atoms with van der Waals surface area (Å²) < 4.78 is 1.84. The predicted octanol–water partition coefficient (Wildman–Crippen LogP) is 6.09. The molecule has 2 aromatic heterocycles. The number of pyridine rings is 1. The van der Waals surface area contributed by atoms with E-state index in [0.717, 1.165) is 76.5 Å². The Bertz CT molecular complexity index is 2050. The zero-order chi connectivity index (χ0) is 30.9. The highest BCUT2D eigenvalue weighted by Crippen LogP contribution is 2.46. The number of anilines is 2. The maximum Gasteiger partial charge on any atom is 0.264 e. The molecular weight excluding hydrogens is 562 g/mol. The normalized spacial score (nSPS) is 16.8. The standard InChI is InChI=1S/C36H33N7O2/c1-41(20-36(45)11-4-12-36)19-23-13-25-5-3-6-31-33(25)29(15-23)35(44)43(31)32-17-26(16-30(39-32)24-8-9-24)27-10-7-22(18-37)14-28(27)34-40-38-21-42(34)2/h3,5-7,10,13-17,21,24,45H,4,8-9,11-12,19-20H2,1-2H3. The first-order valence-electron chi connectivity index (χ1n) is 15.5. The van der Waals surface area contributed by atoms with Gasteiger partial charge in [-0.1, -0.05) is 18.2 Å². The third kappa shape index (κ3) is 4.78. The first kappa shape index (κ1) is 27.6. The lowest BCUT2D eigenvalue weighted by Crippen LogP contribution is -2.46. The van der Waals surface area contributed by atoms with E-state index in [1.807, 2.05) is 61.1 Å². The number of nitrogens with zero attached hydrogens (tertiary/aromatic N) is 7. The van der Waals surface area contributed by atoms with E-state index in [2.05, 4.69) is 39.4 Å². The van der Waals surface area contributed by atoms with Crippen LogP contribution in [-0.4, -0.2) is 54.9 Å². The highest BCUT2D eigenvalue weighted by atomic mass is 16.3. The molecule has 9 heteroatoms. The smallest absolute Gasteiger partial charge is 0.264 e. The van der Waals surface area contributed by atoms with Crippen LogP contribution in [-0.2, 0) is 13.6 Å². The summed E-state index contributed by atoms with van der Waals surface area (Å²) in [6.45, 7) is 1.26. The Morgan fingerprint density at radius 1 is 1.07 bits per heavy atom. The highest BCUT2D eigenvalue weighted by Gasteiger charge is 2.36. The molecule has 45 heavy (non-hydrogen) atoms. The van der Waals surface area contributed by atoms with Gasteiger partial charge >= 0.3 is 0 Å². The van der Waals surface area contributed by atoms with Gasteiger partial charge in [-0.15, -0.1) is 10.2 Å². The van der Waals surface area contributed by atoms with Crippen molar-refractivity contribution in [2.75, 3.05) is 18.5 Å². The minimum absolute atomic E-state index is 0.0944. The third-order valence-corrected chi connectivity index (χ3v) is 9.46. The van der Waals surface area contributed by atoms with Crippen LogP contribution < -0.4 is 4.90 Å². The molecule has 1 aliphatic heterocycles. The molecule has 0 unspecified atom stereocenters. The molecule has 5 aromatic rings. The van der Waals surface area contributed by atoms with Gasteiger partial charge in [0.15, 0.2) is 5.82 Å². The zero-order valence-electron chi connectivity index (χ0n) is 25.4. The van der Waals surface area contributed by atoms with Crippen molar-refractivity contribution in [1.82, 2.24) is 24.6 Å². The zero-order valence-corrected chi connectivity index (χ0v) is 25.4. The van der Waals surface area contributed by atoms with Crippen LogP contribution in [0, 0.1) is 11.3 Å². The number of benzene rings is 3. The van der Waals surface area contributed by atoms with Gasteiger partial charge in [0.05, 0.1) is 28.5 Å². The van der Waals surface area contributed by atoms with Crippen molar-refractivity contribution in [1.29, 1.82) is 5.26 Å². The van der Waals surface area contributed by atoms with Crippen LogP contribution in [0.15, 0.2) is 67.0 Å². The number of likely N-dealkylation sites (N-methyl/N-ethyl adjacent to an activating group) is 1. The van der Waals surface area contributed by atoms with Crippen molar-refractivity contribution in [3.8, 4) is 28.6 Å². The fraction of sp³-hybridized carbons (Fsp3) is 0.306. The molecule has 0 saturated heterocycles. The molecule has 8 rings (SSSR count). The number of rotatable bonds is 8. The SMILES string of the molecule is CN(Cc1cc2c3c(cccc3c1)N(c1cc(-c3ccc(C#N)cc3-c3nncn3C)cc(C3CC3)n1)C2=O)CC1(O)CCC1. The molecule has 2 saturated carbocycles. The Labute approximate surface area is 261 Å². The molecule has 2 fully saturated rings. The van der Waals surface area contributed by atoms with Gasteiger partial charge in [0, 0.05) is 42.7 Å². The first-order chi connectivity index (χ1) is 21.8. The van der Waals surface area contributed by atoms with Gasteiger partial charge in [-0.25, -0.2) is 4.98 Å². The van der Waals surface area contributed by atoms with Gasteiger partial charge in [-0.3, -0.25) is 14.6 Å². The number of carbonyl (C=O) groups excluding carboxylic acids is 1. The van der Waals surface area contributed by atoms with Gasteiger partial charge in [0.25, 0.3) is 5.91 Å². The minimum atomic E-state index is -0.597. The second kappa shape index (κ2) is 10.3. The van der Waals surface area contributed by atoms with E-state index in [4.69, 9.17) is 4.98 Å². The number of aromatic nitrogens is 4. The maximum absolute atomic E-state index is 14.3. The number of hydrogen-bond donors (Lipinski definition) is 1. The lowest BCUT2D eigenvalue weighted by molar-refractivity contribution is -0.0555. The number of carbonyl (C=O) groups is 1. The first-order valence-corrected chi connectivity index (χ1v) is 15.5. The molecule has 2 aliphatic carbocycles. The second-order valence-corrected chi connectivity index (χ2v) is 13.0. The highest BCUT2D eigenvalue weighted by molar-refractivity contribution is 6.27. The fourth-order valence-electron chi connectivity index (χ4n) is 6.96. The van der Waals surface area contributed by atoms with Gasteiger partial charge < -0.3 is 9.67 Å². The molecular formula is C36H33N7O2. The van der Waals surface area contributed by atoms with Gasteiger partial charge in [-0.2, -0.15) is 5.26 Å². The van der Waals surface area contributed by atoms with Crippen LogP contribution in [0.5, 0.6) is 0 Å². The van der Waals surface area contributed by atoms with Crippen molar-refractivity contribution < 1.29 is 9.90 Å². The Morgan fingerprint density at radius 2 is 1.91 bits per heavy atom. The molecule has 0 spiro atoms. The molecule has 9 nitrogen and oxygen atoms in total. The van der Waals surface area contributed by atoms with E-state index < -0.39 is 5.60 Å². The number of amides is 1.